The first-order valence-electron chi connectivity index (χ1n) is 6.49. The molecular weight excluding hydrogens is 260 g/mol. The molecule has 0 spiro atoms. The van der Waals surface area contributed by atoms with E-state index in [9.17, 15) is 10.1 Å². The SMILES string of the molecule is CCCNc1c(CSC(C)(C)C)cccc1[N+](=O)[O-]. The molecular formula is C14H22N2O2S. The van der Waals surface area contributed by atoms with Crippen LogP contribution in [0.5, 0.6) is 0 Å². The van der Waals surface area contributed by atoms with E-state index in [-0.39, 0.29) is 15.4 Å². The van der Waals surface area contributed by atoms with E-state index in [1.165, 1.54) is 0 Å². The number of anilines is 1. The standard InChI is InChI=1S/C14H22N2O2S/c1-5-9-15-13-11(10-19-14(2,3)4)7-6-8-12(13)16(17)18/h6-8,15H,5,9-10H2,1-4H3. The lowest BCUT2D eigenvalue weighted by Crippen LogP contribution is -2.10. The normalized spacial score (nSPS) is 11.4. The molecule has 0 amide bonds. The first kappa shape index (κ1) is 15.8. The average Bonchev–Trinajstić information content (AvgIpc) is 2.32. The van der Waals surface area contributed by atoms with Gasteiger partial charge in [0, 0.05) is 23.1 Å². The van der Waals surface area contributed by atoms with Gasteiger partial charge >= 0.3 is 0 Å². The predicted octanol–water partition coefficient (Wildman–Crippen LogP) is 4.45. The average molecular weight is 282 g/mol. The maximum atomic E-state index is 11.1. The van der Waals surface area contributed by atoms with Crippen LogP contribution in [0.3, 0.4) is 0 Å². The number of nitrogens with zero attached hydrogens (tertiary/aromatic N) is 1. The molecule has 0 heterocycles. The topological polar surface area (TPSA) is 55.2 Å². The van der Waals surface area contributed by atoms with E-state index in [0.717, 1.165) is 24.3 Å². The molecule has 4 nitrogen and oxygen atoms in total. The summed E-state index contributed by atoms with van der Waals surface area (Å²) in [5, 5.41) is 14.3. The smallest absolute Gasteiger partial charge is 0.292 e. The minimum Gasteiger partial charge on any atom is -0.379 e. The number of hydrogen-bond acceptors (Lipinski definition) is 4. The zero-order chi connectivity index (χ0) is 14.5. The summed E-state index contributed by atoms with van der Waals surface area (Å²) in [4.78, 5) is 10.8. The highest BCUT2D eigenvalue weighted by molar-refractivity contribution is 7.99. The molecule has 1 aromatic rings. The Morgan fingerprint density at radius 2 is 2.05 bits per heavy atom. The highest BCUT2D eigenvalue weighted by Crippen LogP contribution is 2.34. The van der Waals surface area contributed by atoms with Crippen molar-refractivity contribution in [1.29, 1.82) is 0 Å². The Morgan fingerprint density at radius 3 is 2.58 bits per heavy atom. The molecule has 1 N–H and O–H groups in total. The van der Waals surface area contributed by atoms with E-state index < -0.39 is 0 Å². The molecule has 0 unspecified atom stereocenters. The van der Waals surface area contributed by atoms with E-state index >= 15 is 0 Å². The molecule has 0 aromatic heterocycles. The molecule has 5 heteroatoms. The van der Waals surface area contributed by atoms with Gasteiger partial charge in [0.05, 0.1) is 4.92 Å². The first-order valence-corrected chi connectivity index (χ1v) is 7.48. The number of nitro benzene ring substituents is 1. The summed E-state index contributed by atoms with van der Waals surface area (Å²) in [6.07, 6.45) is 0.942. The van der Waals surface area contributed by atoms with E-state index in [1.54, 1.807) is 23.9 Å². The van der Waals surface area contributed by atoms with Gasteiger partial charge in [-0.3, -0.25) is 10.1 Å². The number of thioether (sulfide) groups is 1. The Bertz CT molecular complexity index is 442. The monoisotopic (exact) mass is 282 g/mol. The molecule has 0 aliphatic rings. The minimum absolute atomic E-state index is 0.145. The lowest BCUT2D eigenvalue weighted by atomic mass is 10.1. The Kier molecular flexibility index (Phi) is 5.66. The van der Waals surface area contributed by atoms with Gasteiger partial charge in [0.15, 0.2) is 0 Å². The van der Waals surface area contributed by atoms with Gasteiger partial charge in [-0.1, -0.05) is 39.8 Å². The van der Waals surface area contributed by atoms with Crippen molar-refractivity contribution in [2.45, 2.75) is 44.6 Å². The lowest BCUT2D eigenvalue weighted by Gasteiger charge is -2.19. The zero-order valence-electron chi connectivity index (χ0n) is 12.0. The van der Waals surface area contributed by atoms with Gasteiger partial charge in [-0.2, -0.15) is 11.8 Å². The van der Waals surface area contributed by atoms with Crippen molar-refractivity contribution in [3.05, 3.63) is 33.9 Å². The molecule has 0 fully saturated rings. The zero-order valence-corrected chi connectivity index (χ0v) is 12.8. The van der Waals surface area contributed by atoms with Gasteiger partial charge in [-0.05, 0) is 12.0 Å². The number of para-hydroxylation sites is 1. The second-order valence-electron chi connectivity index (χ2n) is 5.40. The van der Waals surface area contributed by atoms with Gasteiger partial charge in [0.1, 0.15) is 5.69 Å². The minimum atomic E-state index is -0.316. The number of hydrogen-bond donors (Lipinski definition) is 1. The predicted molar refractivity (Wildman–Crippen MR) is 82.9 cm³/mol. The van der Waals surface area contributed by atoms with E-state index in [0.29, 0.717) is 5.69 Å². The number of nitrogens with one attached hydrogen (secondary N) is 1. The van der Waals surface area contributed by atoms with Crippen LogP contribution in [0.15, 0.2) is 18.2 Å². The first-order chi connectivity index (χ1) is 8.85. The molecule has 1 aromatic carbocycles. The van der Waals surface area contributed by atoms with Crippen molar-refractivity contribution >= 4 is 23.1 Å². The van der Waals surface area contributed by atoms with Crippen molar-refractivity contribution in [2.75, 3.05) is 11.9 Å². The number of benzene rings is 1. The molecule has 0 atom stereocenters. The Labute approximate surface area is 119 Å². The molecule has 0 aliphatic carbocycles. The van der Waals surface area contributed by atoms with Gasteiger partial charge < -0.3 is 5.32 Å². The summed E-state index contributed by atoms with van der Waals surface area (Å²) < 4.78 is 0.145. The van der Waals surface area contributed by atoms with E-state index in [2.05, 4.69) is 26.1 Å². The molecule has 19 heavy (non-hydrogen) atoms. The Balaban J connectivity index is 3.01. The highest BCUT2D eigenvalue weighted by atomic mass is 32.2. The van der Waals surface area contributed by atoms with Crippen LogP contribution in [-0.4, -0.2) is 16.2 Å². The fourth-order valence-electron chi connectivity index (χ4n) is 1.61. The fourth-order valence-corrected chi connectivity index (χ4v) is 2.44. The summed E-state index contributed by atoms with van der Waals surface area (Å²) in [7, 11) is 0. The lowest BCUT2D eigenvalue weighted by molar-refractivity contribution is -0.384. The largest absolute Gasteiger partial charge is 0.379 e. The molecule has 0 saturated carbocycles. The van der Waals surface area contributed by atoms with Crippen LogP contribution in [0.1, 0.15) is 39.7 Å². The third-order valence-electron chi connectivity index (χ3n) is 2.54. The molecule has 0 aliphatic heterocycles. The molecule has 0 bridgehead atoms. The second-order valence-corrected chi connectivity index (χ2v) is 7.20. The van der Waals surface area contributed by atoms with E-state index in [4.69, 9.17) is 0 Å². The third kappa shape index (κ3) is 5.11. The quantitative estimate of drug-likeness (QED) is 0.618. The molecule has 0 radical (unpaired) electrons. The molecule has 106 valence electrons. The number of nitro groups is 1. The summed E-state index contributed by atoms with van der Waals surface area (Å²) in [5.74, 6) is 0.775. The van der Waals surface area contributed by atoms with Crippen LogP contribution in [-0.2, 0) is 5.75 Å². The fraction of sp³-hybridized carbons (Fsp3) is 0.571. The molecule has 1 rings (SSSR count). The summed E-state index contributed by atoms with van der Waals surface area (Å²) >= 11 is 1.79. The van der Waals surface area contributed by atoms with E-state index in [1.807, 2.05) is 13.0 Å². The van der Waals surface area contributed by atoms with Gasteiger partial charge in [0.25, 0.3) is 5.69 Å². The van der Waals surface area contributed by atoms with Crippen molar-refractivity contribution in [2.24, 2.45) is 0 Å². The number of rotatable bonds is 6. The maximum Gasteiger partial charge on any atom is 0.292 e. The van der Waals surface area contributed by atoms with Crippen molar-refractivity contribution in [1.82, 2.24) is 0 Å². The van der Waals surface area contributed by atoms with Crippen LogP contribution in [0, 0.1) is 10.1 Å². The highest BCUT2D eigenvalue weighted by Gasteiger charge is 2.19. The second kappa shape index (κ2) is 6.80. The van der Waals surface area contributed by atoms with Crippen LogP contribution in [0.4, 0.5) is 11.4 Å². The van der Waals surface area contributed by atoms with Crippen molar-refractivity contribution in [3.8, 4) is 0 Å². The summed E-state index contributed by atoms with van der Waals surface area (Å²) in [6.45, 7) is 9.24. The van der Waals surface area contributed by atoms with Crippen molar-refractivity contribution < 1.29 is 4.92 Å². The van der Waals surface area contributed by atoms with Crippen LogP contribution >= 0.6 is 11.8 Å². The maximum absolute atomic E-state index is 11.1. The summed E-state index contributed by atoms with van der Waals surface area (Å²) in [5.41, 5.74) is 1.84. The van der Waals surface area contributed by atoms with Crippen LogP contribution in [0.2, 0.25) is 0 Å². The Morgan fingerprint density at radius 1 is 1.37 bits per heavy atom. The van der Waals surface area contributed by atoms with Gasteiger partial charge in [-0.25, -0.2) is 0 Å². The molecule has 0 saturated heterocycles. The third-order valence-corrected chi connectivity index (χ3v) is 3.86. The van der Waals surface area contributed by atoms with Crippen LogP contribution < -0.4 is 5.32 Å². The van der Waals surface area contributed by atoms with Crippen LogP contribution in [0.25, 0.3) is 0 Å². The van der Waals surface area contributed by atoms with Crippen molar-refractivity contribution in [3.63, 3.8) is 0 Å². The summed E-state index contributed by atoms with van der Waals surface area (Å²) in [6, 6.07) is 5.28. The van der Waals surface area contributed by atoms with Gasteiger partial charge in [0.2, 0.25) is 0 Å². The van der Waals surface area contributed by atoms with Gasteiger partial charge in [-0.15, -0.1) is 0 Å². The Hall–Kier alpha value is -1.23.